The smallest absolute Gasteiger partial charge is 0.304 e. The van der Waals surface area contributed by atoms with Crippen LogP contribution in [-0.2, 0) is 14.8 Å². The fourth-order valence-corrected chi connectivity index (χ4v) is 3.84. The van der Waals surface area contributed by atoms with Gasteiger partial charge in [0.2, 0.25) is 15.9 Å². The first-order valence-corrected chi connectivity index (χ1v) is 8.42. The fraction of sp³-hybridized carbons (Fsp3) is 0.500. The Bertz CT molecular complexity index is 665. The molecular formula is C10H14N4O5S2. The van der Waals surface area contributed by atoms with E-state index >= 15 is 0 Å². The second-order valence-corrected chi connectivity index (χ2v) is 7.64. The van der Waals surface area contributed by atoms with Gasteiger partial charge in [0.05, 0.1) is 4.92 Å². The Balaban J connectivity index is 1.93. The molecule has 1 saturated carbocycles. The van der Waals surface area contributed by atoms with Crippen molar-refractivity contribution in [2.45, 2.75) is 29.5 Å². The highest BCUT2D eigenvalue weighted by molar-refractivity contribution is 7.91. The first-order valence-electron chi connectivity index (χ1n) is 6.12. The molecule has 0 spiro atoms. The number of sulfonamides is 1. The van der Waals surface area contributed by atoms with Crippen LogP contribution in [0.25, 0.3) is 0 Å². The minimum atomic E-state index is -3.90. The number of anilines is 1. The maximum absolute atomic E-state index is 11.9. The van der Waals surface area contributed by atoms with Crippen LogP contribution in [0.1, 0.15) is 19.3 Å². The van der Waals surface area contributed by atoms with Gasteiger partial charge in [0.25, 0.3) is 0 Å². The van der Waals surface area contributed by atoms with Crippen LogP contribution in [0, 0.1) is 10.1 Å². The molecule has 0 unspecified atom stereocenters. The predicted octanol–water partition coefficient (Wildman–Crippen LogP) is 0.185. The van der Waals surface area contributed by atoms with Gasteiger partial charge in [0, 0.05) is 25.1 Å². The van der Waals surface area contributed by atoms with Crippen LogP contribution in [0.5, 0.6) is 0 Å². The average Bonchev–Trinajstić information content (AvgIpc) is 3.07. The molecule has 9 nitrogen and oxygen atoms in total. The van der Waals surface area contributed by atoms with Gasteiger partial charge in [-0.15, -0.1) is 0 Å². The van der Waals surface area contributed by atoms with E-state index in [1.807, 2.05) is 0 Å². The van der Waals surface area contributed by atoms with Crippen molar-refractivity contribution in [3.8, 4) is 0 Å². The lowest BCUT2D eigenvalue weighted by molar-refractivity contribution is -0.383. The van der Waals surface area contributed by atoms with Gasteiger partial charge in [0.1, 0.15) is 4.21 Å². The topological polar surface area (TPSA) is 144 Å². The predicted molar refractivity (Wildman–Crippen MR) is 76.4 cm³/mol. The summed E-state index contributed by atoms with van der Waals surface area (Å²) in [4.78, 5) is 21.3. The summed E-state index contributed by atoms with van der Waals surface area (Å²) < 4.78 is 25.8. The first-order chi connectivity index (χ1) is 9.79. The second kappa shape index (κ2) is 5.95. The van der Waals surface area contributed by atoms with Crippen LogP contribution >= 0.6 is 11.3 Å². The number of thiophene rings is 1. The Morgan fingerprint density at radius 1 is 1.52 bits per heavy atom. The van der Waals surface area contributed by atoms with Crippen LogP contribution in [0.3, 0.4) is 0 Å². The summed E-state index contributed by atoms with van der Waals surface area (Å²) in [5.74, 6) is -0.225. The van der Waals surface area contributed by atoms with E-state index in [0.29, 0.717) is 11.3 Å². The molecule has 0 saturated heterocycles. The van der Waals surface area contributed by atoms with Gasteiger partial charge in [-0.25, -0.2) is 13.1 Å². The third-order valence-corrected chi connectivity index (χ3v) is 5.65. The Labute approximate surface area is 124 Å². The number of nitrogen functional groups attached to an aromatic ring is 1. The minimum absolute atomic E-state index is 0.0126. The van der Waals surface area contributed by atoms with Gasteiger partial charge in [-0.3, -0.25) is 14.9 Å². The third kappa shape index (κ3) is 4.12. The molecule has 4 N–H and O–H groups in total. The van der Waals surface area contributed by atoms with E-state index in [-0.39, 0.29) is 34.1 Å². The normalized spacial score (nSPS) is 14.9. The van der Waals surface area contributed by atoms with Crippen LogP contribution in [0.2, 0.25) is 0 Å². The monoisotopic (exact) mass is 334 g/mol. The van der Waals surface area contributed by atoms with Gasteiger partial charge in [0.15, 0.2) is 5.00 Å². The SMILES string of the molecule is Nc1sc(S(=O)(=O)NCCC(=O)NC2CC2)cc1[N+](=O)[O-]. The van der Waals surface area contributed by atoms with Crippen molar-refractivity contribution in [1.82, 2.24) is 10.0 Å². The lowest BCUT2D eigenvalue weighted by Crippen LogP contribution is -2.31. The Morgan fingerprint density at radius 2 is 2.19 bits per heavy atom. The number of carbonyl (C=O) groups excluding carboxylic acids is 1. The summed E-state index contributed by atoms with van der Waals surface area (Å²) in [6, 6.07) is 1.13. The highest BCUT2D eigenvalue weighted by Gasteiger charge is 2.25. The Hall–Kier alpha value is -1.72. The van der Waals surface area contributed by atoms with Crippen LogP contribution in [0.15, 0.2) is 10.3 Å². The van der Waals surface area contributed by atoms with E-state index in [0.717, 1.165) is 18.9 Å². The molecule has 2 rings (SSSR count). The number of hydrogen-bond acceptors (Lipinski definition) is 7. The van der Waals surface area contributed by atoms with E-state index < -0.39 is 20.6 Å². The zero-order chi connectivity index (χ0) is 15.6. The van der Waals surface area contributed by atoms with E-state index in [2.05, 4.69) is 10.0 Å². The van der Waals surface area contributed by atoms with Crippen LogP contribution in [0.4, 0.5) is 10.7 Å². The minimum Gasteiger partial charge on any atom is -0.385 e. The van der Waals surface area contributed by atoms with Gasteiger partial charge >= 0.3 is 5.69 Å². The lowest BCUT2D eigenvalue weighted by atomic mass is 10.4. The maximum atomic E-state index is 11.9. The molecular weight excluding hydrogens is 320 g/mol. The van der Waals surface area contributed by atoms with Crippen molar-refractivity contribution >= 4 is 38.0 Å². The van der Waals surface area contributed by atoms with Gasteiger partial charge in [-0.1, -0.05) is 11.3 Å². The van der Waals surface area contributed by atoms with Crippen molar-refractivity contribution < 1.29 is 18.1 Å². The number of nitrogens with one attached hydrogen (secondary N) is 2. The molecule has 1 aromatic rings. The molecule has 1 aliphatic rings. The molecule has 21 heavy (non-hydrogen) atoms. The van der Waals surface area contributed by atoms with Crippen molar-refractivity contribution in [2.75, 3.05) is 12.3 Å². The highest BCUT2D eigenvalue weighted by atomic mass is 32.2. The van der Waals surface area contributed by atoms with Gasteiger partial charge in [-0.2, -0.15) is 0 Å². The largest absolute Gasteiger partial charge is 0.385 e. The summed E-state index contributed by atoms with van der Waals surface area (Å²) in [5.41, 5.74) is 4.96. The molecule has 0 aromatic carbocycles. The van der Waals surface area contributed by atoms with Crippen molar-refractivity contribution in [3.05, 3.63) is 16.2 Å². The lowest BCUT2D eigenvalue weighted by Gasteiger charge is -2.05. The highest BCUT2D eigenvalue weighted by Crippen LogP contribution is 2.34. The third-order valence-electron chi connectivity index (χ3n) is 2.77. The standard InChI is InChI=1S/C10H14N4O5S2/c11-10-7(14(16)17)5-9(20-10)21(18,19)12-4-3-8(15)13-6-1-2-6/h5-6,12H,1-4,11H2,(H,13,15). The van der Waals surface area contributed by atoms with Gasteiger partial charge < -0.3 is 11.1 Å². The average molecular weight is 334 g/mol. The van der Waals surface area contributed by atoms with E-state index in [1.165, 1.54) is 0 Å². The number of nitro groups is 1. The maximum Gasteiger partial charge on any atom is 0.304 e. The molecule has 11 heteroatoms. The van der Waals surface area contributed by atoms with E-state index in [4.69, 9.17) is 5.73 Å². The molecule has 116 valence electrons. The number of carbonyl (C=O) groups is 1. The summed E-state index contributed by atoms with van der Waals surface area (Å²) in [5, 5.41) is 13.2. The molecule has 1 aromatic heterocycles. The summed E-state index contributed by atoms with van der Waals surface area (Å²) in [7, 11) is -3.90. The van der Waals surface area contributed by atoms with Gasteiger partial charge in [-0.05, 0) is 12.8 Å². The molecule has 1 amide bonds. The zero-order valence-electron chi connectivity index (χ0n) is 10.9. The number of nitrogens with zero attached hydrogens (tertiary/aromatic N) is 1. The Morgan fingerprint density at radius 3 is 2.71 bits per heavy atom. The second-order valence-electron chi connectivity index (χ2n) is 4.56. The molecule has 1 aliphatic carbocycles. The molecule has 0 aliphatic heterocycles. The summed E-state index contributed by atoms with van der Waals surface area (Å²) >= 11 is 0.614. The van der Waals surface area contributed by atoms with E-state index in [1.54, 1.807) is 0 Å². The molecule has 0 radical (unpaired) electrons. The molecule has 0 bridgehead atoms. The zero-order valence-corrected chi connectivity index (χ0v) is 12.5. The van der Waals surface area contributed by atoms with Crippen molar-refractivity contribution in [2.24, 2.45) is 0 Å². The van der Waals surface area contributed by atoms with Crippen molar-refractivity contribution in [3.63, 3.8) is 0 Å². The number of amides is 1. The summed E-state index contributed by atoms with van der Waals surface area (Å²) in [6.07, 6.45) is 1.92. The Kier molecular flexibility index (Phi) is 4.44. The van der Waals surface area contributed by atoms with Crippen molar-refractivity contribution in [1.29, 1.82) is 0 Å². The quantitative estimate of drug-likeness (QED) is 0.479. The number of hydrogen-bond donors (Lipinski definition) is 3. The first kappa shape index (κ1) is 15.7. The molecule has 1 heterocycles. The number of rotatable bonds is 7. The molecule has 1 fully saturated rings. The molecule has 0 atom stereocenters. The fourth-order valence-electron chi connectivity index (χ4n) is 1.55. The van der Waals surface area contributed by atoms with Crippen LogP contribution in [-0.4, -0.2) is 31.8 Å². The van der Waals surface area contributed by atoms with Crippen LogP contribution < -0.4 is 15.8 Å². The summed E-state index contributed by atoms with van der Waals surface area (Å²) in [6.45, 7) is -0.0769. The number of nitrogens with two attached hydrogens (primary N) is 1. The van der Waals surface area contributed by atoms with E-state index in [9.17, 15) is 23.3 Å².